The standard InChI is InChI=1S/C18H23FN2O2S/c19-12-6-7-16-14(10-12)15(11-17(22)21-16)18(23)20-8-9-24-13-4-2-1-3-5-13/h6-7,10,13,15H,1-5,8-9,11H2,(H,20,23)(H,21,22)/t15-/m0/s1. The van der Waals surface area contributed by atoms with Gasteiger partial charge in [-0.25, -0.2) is 4.39 Å². The molecule has 2 amide bonds. The molecule has 1 aromatic carbocycles. The largest absolute Gasteiger partial charge is 0.355 e. The van der Waals surface area contributed by atoms with E-state index < -0.39 is 11.7 Å². The number of hydrogen-bond donors (Lipinski definition) is 2. The van der Waals surface area contributed by atoms with E-state index in [-0.39, 0.29) is 18.2 Å². The normalized spacial score (nSPS) is 21.0. The molecular formula is C18H23FN2O2S. The van der Waals surface area contributed by atoms with Crippen LogP contribution in [0.1, 0.15) is 50.0 Å². The summed E-state index contributed by atoms with van der Waals surface area (Å²) >= 11 is 1.92. The summed E-state index contributed by atoms with van der Waals surface area (Å²) in [4.78, 5) is 24.2. The van der Waals surface area contributed by atoms with Gasteiger partial charge in [0.25, 0.3) is 0 Å². The van der Waals surface area contributed by atoms with E-state index in [1.54, 1.807) is 0 Å². The molecule has 1 atom stereocenters. The maximum atomic E-state index is 13.5. The number of carbonyl (C=O) groups is 2. The van der Waals surface area contributed by atoms with Gasteiger partial charge in [-0.1, -0.05) is 19.3 Å². The molecule has 1 aromatic rings. The van der Waals surface area contributed by atoms with Crippen LogP contribution in [0.5, 0.6) is 0 Å². The van der Waals surface area contributed by atoms with Crippen LogP contribution in [0.2, 0.25) is 0 Å². The van der Waals surface area contributed by atoms with Gasteiger partial charge in [-0.2, -0.15) is 11.8 Å². The lowest BCUT2D eigenvalue weighted by molar-refractivity contribution is -0.126. The highest BCUT2D eigenvalue weighted by Gasteiger charge is 2.30. The SMILES string of the molecule is O=C1C[C@H](C(=O)NCCSC2CCCCC2)c2cc(F)ccc2N1. The summed E-state index contributed by atoms with van der Waals surface area (Å²) in [6.45, 7) is 0.586. The predicted molar refractivity (Wildman–Crippen MR) is 94.7 cm³/mol. The molecule has 1 fully saturated rings. The second-order valence-corrected chi connectivity index (χ2v) is 7.87. The minimum Gasteiger partial charge on any atom is -0.355 e. The Labute approximate surface area is 146 Å². The Balaban J connectivity index is 1.53. The van der Waals surface area contributed by atoms with Crippen LogP contribution in [-0.2, 0) is 9.59 Å². The van der Waals surface area contributed by atoms with Gasteiger partial charge >= 0.3 is 0 Å². The molecule has 0 unspecified atom stereocenters. The Kier molecular flexibility index (Phi) is 5.76. The average Bonchev–Trinajstić information content (AvgIpc) is 2.59. The van der Waals surface area contributed by atoms with Gasteiger partial charge in [-0.05, 0) is 36.6 Å². The van der Waals surface area contributed by atoms with Gasteiger partial charge in [-0.3, -0.25) is 9.59 Å². The zero-order valence-corrected chi connectivity index (χ0v) is 14.5. The number of thioether (sulfide) groups is 1. The molecule has 0 radical (unpaired) electrons. The van der Waals surface area contributed by atoms with Crippen molar-refractivity contribution in [2.24, 2.45) is 0 Å². The van der Waals surface area contributed by atoms with E-state index >= 15 is 0 Å². The van der Waals surface area contributed by atoms with Gasteiger partial charge in [-0.15, -0.1) is 0 Å². The van der Waals surface area contributed by atoms with Gasteiger partial charge in [0.2, 0.25) is 11.8 Å². The molecule has 1 aliphatic carbocycles. The Morgan fingerprint density at radius 2 is 2.08 bits per heavy atom. The van der Waals surface area contributed by atoms with E-state index in [0.717, 1.165) is 5.75 Å². The van der Waals surface area contributed by atoms with Crippen molar-refractivity contribution in [2.75, 3.05) is 17.6 Å². The summed E-state index contributed by atoms with van der Waals surface area (Å²) in [6, 6.07) is 4.15. The quantitative estimate of drug-likeness (QED) is 0.800. The molecule has 4 nitrogen and oxygen atoms in total. The van der Waals surface area contributed by atoms with Crippen LogP contribution in [0.3, 0.4) is 0 Å². The fourth-order valence-corrected chi connectivity index (χ4v) is 4.64. The van der Waals surface area contributed by atoms with E-state index in [1.165, 1.54) is 50.3 Å². The fourth-order valence-electron chi connectivity index (χ4n) is 3.42. The van der Waals surface area contributed by atoms with Gasteiger partial charge < -0.3 is 10.6 Å². The third kappa shape index (κ3) is 4.29. The predicted octanol–water partition coefficient (Wildman–Crippen LogP) is 3.43. The van der Waals surface area contributed by atoms with Gasteiger partial charge in [0.15, 0.2) is 0 Å². The summed E-state index contributed by atoms with van der Waals surface area (Å²) in [7, 11) is 0. The zero-order valence-electron chi connectivity index (χ0n) is 13.6. The highest BCUT2D eigenvalue weighted by Crippen LogP contribution is 2.33. The Bertz CT molecular complexity index is 617. The first-order valence-electron chi connectivity index (χ1n) is 8.62. The molecule has 24 heavy (non-hydrogen) atoms. The molecular weight excluding hydrogens is 327 g/mol. The Morgan fingerprint density at radius 3 is 2.88 bits per heavy atom. The smallest absolute Gasteiger partial charge is 0.228 e. The molecule has 6 heteroatoms. The van der Waals surface area contributed by atoms with Crippen LogP contribution in [0.25, 0.3) is 0 Å². The van der Waals surface area contributed by atoms with Crippen molar-refractivity contribution in [3.63, 3.8) is 0 Å². The third-order valence-electron chi connectivity index (χ3n) is 4.68. The van der Waals surface area contributed by atoms with Gasteiger partial charge in [0.05, 0.1) is 5.92 Å². The lowest BCUT2D eigenvalue weighted by atomic mass is 9.89. The Morgan fingerprint density at radius 1 is 1.29 bits per heavy atom. The summed E-state index contributed by atoms with van der Waals surface area (Å²) in [6.07, 6.45) is 6.57. The molecule has 130 valence electrons. The molecule has 3 rings (SSSR count). The minimum absolute atomic E-state index is 0.0675. The van der Waals surface area contributed by atoms with Crippen LogP contribution in [-0.4, -0.2) is 29.4 Å². The summed E-state index contributed by atoms with van der Waals surface area (Å²) in [5, 5.41) is 6.32. The summed E-state index contributed by atoms with van der Waals surface area (Å²) in [5.74, 6) is -0.517. The van der Waals surface area contributed by atoms with Crippen LogP contribution in [0.15, 0.2) is 18.2 Å². The van der Waals surface area contributed by atoms with Gasteiger partial charge in [0.1, 0.15) is 5.82 Å². The highest BCUT2D eigenvalue weighted by molar-refractivity contribution is 7.99. The molecule has 0 spiro atoms. The van der Waals surface area contributed by atoms with Crippen molar-refractivity contribution < 1.29 is 14.0 Å². The van der Waals surface area contributed by atoms with Crippen molar-refractivity contribution in [1.82, 2.24) is 5.32 Å². The van der Waals surface area contributed by atoms with Crippen molar-refractivity contribution in [2.45, 2.75) is 49.7 Å². The number of hydrogen-bond acceptors (Lipinski definition) is 3. The van der Waals surface area contributed by atoms with Crippen LogP contribution in [0.4, 0.5) is 10.1 Å². The number of nitrogens with one attached hydrogen (secondary N) is 2. The first kappa shape index (κ1) is 17.3. The molecule has 2 N–H and O–H groups in total. The molecule has 0 saturated heterocycles. The Hall–Kier alpha value is -1.56. The summed E-state index contributed by atoms with van der Waals surface area (Å²) < 4.78 is 13.5. The van der Waals surface area contributed by atoms with Crippen molar-refractivity contribution in [3.05, 3.63) is 29.6 Å². The first-order chi connectivity index (χ1) is 11.6. The van der Waals surface area contributed by atoms with Crippen LogP contribution in [0, 0.1) is 5.82 Å². The third-order valence-corrected chi connectivity index (χ3v) is 6.06. The van der Waals surface area contributed by atoms with E-state index in [0.29, 0.717) is 23.0 Å². The second kappa shape index (κ2) is 8.01. The number of fused-ring (bicyclic) bond motifs is 1. The number of benzene rings is 1. The second-order valence-electron chi connectivity index (χ2n) is 6.46. The lowest BCUT2D eigenvalue weighted by Crippen LogP contribution is -2.36. The maximum Gasteiger partial charge on any atom is 0.228 e. The van der Waals surface area contributed by atoms with E-state index in [2.05, 4.69) is 10.6 Å². The maximum absolute atomic E-state index is 13.5. The van der Waals surface area contributed by atoms with Crippen molar-refractivity contribution in [1.29, 1.82) is 0 Å². The molecule has 1 saturated carbocycles. The number of carbonyl (C=O) groups excluding carboxylic acids is 2. The molecule has 0 bridgehead atoms. The number of rotatable bonds is 5. The fraction of sp³-hybridized carbons (Fsp3) is 0.556. The van der Waals surface area contributed by atoms with E-state index in [4.69, 9.17) is 0 Å². The van der Waals surface area contributed by atoms with Gasteiger partial charge in [0, 0.05) is 29.7 Å². The van der Waals surface area contributed by atoms with Crippen LogP contribution >= 0.6 is 11.8 Å². The zero-order chi connectivity index (χ0) is 16.9. The number of amides is 2. The minimum atomic E-state index is -0.607. The summed E-state index contributed by atoms with van der Waals surface area (Å²) in [5.41, 5.74) is 1.09. The molecule has 2 aliphatic rings. The van der Waals surface area contributed by atoms with Crippen molar-refractivity contribution in [3.8, 4) is 0 Å². The topological polar surface area (TPSA) is 58.2 Å². The monoisotopic (exact) mass is 350 g/mol. The lowest BCUT2D eigenvalue weighted by Gasteiger charge is -2.25. The molecule has 0 aromatic heterocycles. The van der Waals surface area contributed by atoms with E-state index in [9.17, 15) is 14.0 Å². The number of anilines is 1. The van der Waals surface area contributed by atoms with Crippen LogP contribution < -0.4 is 10.6 Å². The molecule has 1 aliphatic heterocycles. The first-order valence-corrected chi connectivity index (χ1v) is 9.67. The highest BCUT2D eigenvalue weighted by atomic mass is 32.2. The van der Waals surface area contributed by atoms with Crippen molar-refractivity contribution >= 4 is 29.3 Å². The average molecular weight is 350 g/mol. The number of halogens is 1. The molecule has 1 heterocycles. The van der Waals surface area contributed by atoms with E-state index in [1.807, 2.05) is 11.8 Å².